The van der Waals surface area contributed by atoms with Crippen molar-refractivity contribution in [2.45, 2.75) is 38.6 Å². The van der Waals surface area contributed by atoms with Crippen molar-refractivity contribution in [3.8, 4) is 0 Å². The Bertz CT molecular complexity index is 610. The molecule has 0 bridgehead atoms. The van der Waals surface area contributed by atoms with E-state index in [1.807, 2.05) is 10.8 Å². The molecule has 0 saturated carbocycles. The maximum Gasteiger partial charge on any atom is 0.324 e. The summed E-state index contributed by atoms with van der Waals surface area (Å²) in [6.45, 7) is 6.12. The number of hydrogen-bond acceptors (Lipinski definition) is 4. The average Bonchev–Trinajstić information content (AvgIpc) is 2.33. The van der Waals surface area contributed by atoms with Crippen LogP contribution in [0.4, 0.5) is 0 Å². The summed E-state index contributed by atoms with van der Waals surface area (Å²) in [5.41, 5.74) is 2.76. The second-order valence-corrected chi connectivity index (χ2v) is 6.43. The van der Waals surface area contributed by atoms with Gasteiger partial charge in [0.05, 0.1) is 11.5 Å². The lowest BCUT2D eigenvalue weighted by Gasteiger charge is -2.18. The lowest BCUT2D eigenvalue weighted by Crippen LogP contribution is -2.43. The molecule has 0 amide bonds. The third-order valence-corrected chi connectivity index (χ3v) is 5.09. The van der Waals surface area contributed by atoms with Crippen LogP contribution in [0.25, 0.3) is 0 Å². The Labute approximate surface area is 118 Å². The molecule has 0 saturated heterocycles. The molecule has 1 unspecified atom stereocenters. The first-order chi connectivity index (χ1) is 9.11. The van der Waals surface area contributed by atoms with Crippen LogP contribution in [-0.4, -0.2) is 37.2 Å². The highest BCUT2D eigenvalue weighted by Crippen LogP contribution is 2.26. The second-order valence-electron chi connectivity index (χ2n) is 4.78. The fraction of sp³-hybridized carbons (Fsp3) is 0.462. The minimum absolute atomic E-state index is 0.0784. The molecule has 1 rings (SSSR count). The van der Waals surface area contributed by atoms with E-state index in [9.17, 15) is 13.2 Å². The van der Waals surface area contributed by atoms with Crippen LogP contribution in [0.3, 0.4) is 0 Å². The number of hydrogen-bond donors (Lipinski definition) is 3. The number of aliphatic carboxylic acids is 1. The fourth-order valence-corrected chi connectivity index (χ4v) is 3.79. The maximum absolute atomic E-state index is 12.4. The lowest BCUT2D eigenvalue weighted by molar-refractivity contribution is -0.139. The number of aryl methyl sites for hydroxylation is 2. The summed E-state index contributed by atoms with van der Waals surface area (Å²) < 4.78 is 26.8. The zero-order valence-electron chi connectivity index (χ0n) is 11.9. The van der Waals surface area contributed by atoms with Gasteiger partial charge < -0.3 is 10.2 Å². The summed E-state index contributed by atoms with van der Waals surface area (Å²) in [6, 6.07) is 0.323. The average molecular weight is 301 g/mol. The zero-order valence-corrected chi connectivity index (χ0v) is 12.7. The molecule has 0 radical (unpaired) electrons. The van der Waals surface area contributed by atoms with E-state index in [1.165, 1.54) is 0 Å². The van der Waals surface area contributed by atoms with Gasteiger partial charge in [-0.1, -0.05) is 6.07 Å². The van der Waals surface area contributed by atoms with Gasteiger partial charge in [-0.3, -0.25) is 4.79 Å². The molecule has 1 aromatic rings. The van der Waals surface area contributed by atoms with Crippen molar-refractivity contribution in [1.82, 2.24) is 4.72 Å². The third-order valence-electron chi connectivity index (χ3n) is 3.34. The van der Waals surface area contributed by atoms with Crippen LogP contribution in [0.5, 0.6) is 0 Å². The first-order valence-corrected chi connectivity index (χ1v) is 7.53. The van der Waals surface area contributed by atoms with E-state index < -0.39 is 28.6 Å². The number of carboxylic acids is 1. The standard InChI is InChI=1S/C13H19NO5S/c1-7-5-8(2)10(4)12(9(7)3)20(18,19)14-11(6-15)13(16)17/h5,11,14-15H,6H2,1-4H3,(H,16,17). The van der Waals surface area contributed by atoms with Crippen LogP contribution in [0, 0.1) is 27.7 Å². The topological polar surface area (TPSA) is 104 Å². The van der Waals surface area contributed by atoms with E-state index in [0.29, 0.717) is 11.1 Å². The Morgan fingerprint density at radius 3 is 2.00 bits per heavy atom. The van der Waals surface area contributed by atoms with E-state index in [4.69, 9.17) is 10.2 Å². The first kappa shape index (κ1) is 16.6. The number of benzene rings is 1. The van der Waals surface area contributed by atoms with E-state index in [-0.39, 0.29) is 4.90 Å². The summed E-state index contributed by atoms with van der Waals surface area (Å²) in [4.78, 5) is 10.9. The van der Waals surface area contributed by atoms with E-state index in [1.54, 1.807) is 27.7 Å². The van der Waals surface area contributed by atoms with Gasteiger partial charge in [0.2, 0.25) is 10.0 Å². The van der Waals surface area contributed by atoms with Gasteiger partial charge in [-0.05, 0) is 49.9 Å². The van der Waals surface area contributed by atoms with Crippen molar-refractivity contribution in [1.29, 1.82) is 0 Å². The highest BCUT2D eigenvalue weighted by molar-refractivity contribution is 7.89. The summed E-state index contributed by atoms with van der Waals surface area (Å²) in [5.74, 6) is -1.42. The van der Waals surface area contributed by atoms with Gasteiger partial charge >= 0.3 is 5.97 Å². The first-order valence-electron chi connectivity index (χ1n) is 6.05. The van der Waals surface area contributed by atoms with Crippen molar-refractivity contribution in [2.75, 3.05) is 6.61 Å². The SMILES string of the molecule is Cc1cc(C)c(C)c(S(=O)(=O)NC(CO)C(=O)O)c1C. The second kappa shape index (κ2) is 5.90. The number of sulfonamides is 1. The minimum Gasteiger partial charge on any atom is -0.480 e. The Morgan fingerprint density at radius 1 is 1.20 bits per heavy atom. The minimum atomic E-state index is -4.01. The normalized spacial score (nSPS) is 13.2. The summed E-state index contributed by atoms with van der Waals surface area (Å²) in [7, 11) is -4.01. The van der Waals surface area contributed by atoms with Gasteiger partial charge in [-0.2, -0.15) is 4.72 Å². The van der Waals surface area contributed by atoms with Crippen molar-refractivity contribution >= 4 is 16.0 Å². The summed E-state index contributed by atoms with van der Waals surface area (Å²) in [6.07, 6.45) is 0. The van der Waals surface area contributed by atoms with Crippen LogP contribution < -0.4 is 4.72 Å². The monoisotopic (exact) mass is 301 g/mol. The Hall–Kier alpha value is -1.44. The molecule has 112 valence electrons. The van der Waals surface area contributed by atoms with E-state index in [2.05, 4.69) is 0 Å². The molecule has 20 heavy (non-hydrogen) atoms. The summed E-state index contributed by atoms with van der Waals surface area (Å²) in [5, 5.41) is 17.8. The number of nitrogens with one attached hydrogen (secondary N) is 1. The van der Waals surface area contributed by atoms with E-state index in [0.717, 1.165) is 11.1 Å². The molecule has 0 aliphatic carbocycles. The van der Waals surface area contributed by atoms with Gasteiger partial charge in [0.15, 0.2) is 0 Å². The number of aliphatic hydroxyl groups excluding tert-OH is 1. The van der Waals surface area contributed by atoms with Crippen LogP contribution >= 0.6 is 0 Å². The van der Waals surface area contributed by atoms with Crippen LogP contribution in [0.1, 0.15) is 22.3 Å². The van der Waals surface area contributed by atoms with Crippen LogP contribution in [0.2, 0.25) is 0 Å². The van der Waals surface area contributed by atoms with Gasteiger partial charge in [0, 0.05) is 0 Å². The molecule has 0 aromatic heterocycles. The molecular formula is C13H19NO5S. The predicted octanol–water partition coefficient (Wildman–Crippen LogP) is 0.644. The molecule has 1 aromatic carbocycles. The zero-order chi connectivity index (χ0) is 15.7. The van der Waals surface area contributed by atoms with Crippen molar-refractivity contribution < 1.29 is 23.4 Å². The Balaban J connectivity index is 3.40. The molecule has 1 atom stereocenters. The molecule has 6 nitrogen and oxygen atoms in total. The molecular weight excluding hydrogens is 282 g/mol. The highest BCUT2D eigenvalue weighted by Gasteiger charge is 2.28. The lowest BCUT2D eigenvalue weighted by atomic mass is 10.0. The van der Waals surface area contributed by atoms with Gasteiger partial charge in [0.25, 0.3) is 0 Å². The number of carboxylic acid groups (broad SMARTS) is 1. The Morgan fingerprint density at radius 2 is 1.65 bits per heavy atom. The quantitative estimate of drug-likeness (QED) is 0.740. The largest absolute Gasteiger partial charge is 0.480 e. The summed E-state index contributed by atoms with van der Waals surface area (Å²) >= 11 is 0. The van der Waals surface area contributed by atoms with Crippen LogP contribution in [0.15, 0.2) is 11.0 Å². The molecule has 0 fully saturated rings. The van der Waals surface area contributed by atoms with Crippen LogP contribution in [-0.2, 0) is 14.8 Å². The predicted molar refractivity (Wildman–Crippen MR) is 74.2 cm³/mol. The van der Waals surface area contributed by atoms with Crippen molar-refractivity contribution in [3.05, 3.63) is 28.3 Å². The molecule has 7 heteroatoms. The molecule has 0 spiro atoms. The number of rotatable bonds is 5. The fourth-order valence-electron chi connectivity index (χ4n) is 2.00. The van der Waals surface area contributed by atoms with Gasteiger partial charge in [0.1, 0.15) is 6.04 Å². The van der Waals surface area contributed by atoms with Gasteiger partial charge in [-0.25, -0.2) is 8.42 Å². The maximum atomic E-state index is 12.4. The van der Waals surface area contributed by atoms with E-state index >= 15 is 0 Å². The molecule has 0 aliphatic heterocycles. The number of carbonyl (C=O) groups is 1. The van der Waals surface area contributed by atoms with Gasteiger partial charge in [-0.15, -0.1) is 0 Å². The molecule has 3 N–H and O–H groups in total. The molecule has 0 heterocycles. The third kappa shape index (κ3) is 3.17. The Kier molecular flexibility index (Phi) is 4.90. The smallest absolute Gasteiger partial charge is 0.324 e. The number of aliphatic hydroxyl groups is 1. The molecule has 0 aliphatic rings. The van der Waals surface area contributed by atoms with Crippen molar-refractivity contribution in [3.63, 3.8) is 0 Å². The highest BCUT2D eigenvalue weighted by atomic mass is 32.2. The van der Waals surface area contributed by atoms with Crippen molar-refractivity contribution in [2.24, 2.45) is 0 Å².